The lowest BCUT2D eigenvalue weighted by atomic mass is 10.0. The van der Waals surface area contributed by atoms with Crippen molar-refractivity contribution in [3.63, 3.8) is 0 Å². The van der Waals surface area contributed by atoms with E-state index in [4.69, 9.17) is 10.5 Å². The van der Waals surface area contributed by atoms with E-state index in [1.807, 2.05) is 18.2 Å². The fourth-order valence-corrected chi connectivity index (χ4v) is 2.65. The predicted molar refractivity (Wildman–Crippen MR) is 91.0 cm³/mol. The molecule has 1 atom stereocenters. The molecule has 2 aromatic rings. The van der Waals surface area contributed by atoms with Gasteiger partial charge >= 0.3 is 0 Å². The summed E-state index contributed by atoms with van der Waals surface area (Å²) >= 11 is 0. The van der Waals surface area contributed by atoms with Crippen LogP contribution in [0.1, 0.15) is 31.4 Å². The molecule has 3 N–H and O–H groups in total. The van der Waals surface area contributed by atoms with E-state index in [1.54, 1.807) is 7.11 Å². The van der Waals surface area contributed by atoms with Crippen molar-refractivity contribution in [2.45, 2.75) is 31.3 Å². The topological polar surface area (TPSA) is 47.3 Å². The third-order valence-electron chi connectivity index (χ3n) is 4.48. The molecule has 2 aromatic carbocycles. The summed E-state index contributed by atoms with van der Waals surface area (Å²) < 4.78 is 5.43. The Morgan fingerprint density at radius 1 is 1.14 bits per heavy atom. The van der Waals surface area contributed by atoms with E-state index in [2.05, 4.69) is 42.6 Å². The molecule has 1 unspecified atom stereocenters. The van der Waals surface area contributed by atoms with Crippen LogP contribution in [0.4, 0.5) is 0 Å². The van der Waals surface area contributed by atoms with Gasteiger partial charge in [-0.2, -0.15) is 0 Å². The maximum Gasteiger partial charge on any atom is 0.126 e. The molecule has 1 aliphatic rings. The molecule has 0 saturated heterocycles. The van der Waals surface area contributed by atoms with E-state index in [1.165, 1.54) is 11.1 Å². The van der Waals surface area contributed by atoms with Crippen LogP contribution in [-0.2, 0) is 0 Å². The van der Waals surface area contributed by atoms with Gasteiger partial charge in [0.15, 0.2) is 0 Å². The lowest BCUT2D eigenvalue weighted by molar-refractivity contribution is 0.416. The maximum atomic E-state index is 6.13. The number of para-hydroxylation sites is 1. The zero-order valence-corrected chi connectivity index (χ0v) is 13.3. The highest BCUT2D eigenvalue weighted by Crippen LogP contribution is 2.32. The Labute approximate surface area is 132 Å². The molecule has 1 fully saturated rings. The van der Waals surface area contributed by atoms with Gasteiger partial charge < -0.3 is 15.8 Å². The molecule has 3 rings (SSSR count). The van der Waals surface area contributed by atoms with Gasteiger partial charge in [0, 0.05) is 23.7 Å². The summed E-state index contributed by atoms with van der Waals surface area (Å²) in [7, 11) is 1.71. The van der Waals surface area contributed by atoms with Crippen LogP contribution in [0.15, 0.2) is 48.5 Å². The van der Waals surface area contributed by atoms with E-state index in [0.29, 0.717) is 6.04 Å². The Hall–Kier alpha value is -1.84. The molecule has 1 aliphatic carbocycles. The Morgan fingerprint density at radius 3 is 2.45 bits per heavy atom. The van der Waals surface area contributed by atoms with Gasteiger partial charge in [0.05, 0.1) is 7.11 Å². The number of rotatable bonds is 6. The van der Waals surface area contributed by atoms with Gasteiger partial charge in [-0.3, -0.25) is 0 Å². The highest BCUT2D eigenvalue weighted by molar-refractivity contribution is 5.70. The molecule has 0 heterocycles. The van der Waals surface area contributed by atoms with Crippen molar-refractivity contribution in [2.24, 2.45) is 5.73 Å². The molecular weight excluding hydrogens is 272 g/mol. The van der Waals surface area contributed by atoms with E-state index >= 15 is 0 Å². The normalized spacial score (nSPS) is 17.0. The molecule has 0 bridgehead atoms. The van der Waals surface area contributed by atoms with Crippen LogP contribution in [0.3, 0.4) is 0 Å². The Morgan fingerprint density at radius 2 is 1.82 bits per heavy atom. The zero-order chi connectivity index (χ0) is 15.6. The first-order chi connectivity index (χ1) is 10.6. The first-order valence-corrected chi connectivity index (χ1v) is 7.87. The van der Waals surface area contributed by atoms with Gasteiger partial charge in [0.2, 0.25) is 0 Å². The number of nitrogens with one attached hydrogen (secondary N) is 1. The van der Waals surface area contributed by atoms with Crippen LogP contribution in [0, 0.1) is 0 Å². The van der Waals surface area contributed by atoms with Crippen LogP contribution in [0.2, 0.25) is 0 Å². The van der Waals surface area contributed by atoms with E-state index in [0.717, 1.165) is 30.7 Å². The summed E-state index contributed by atoms with van der Waals surface area (Å²) in [6, 6.07) is 17.1. The Kier molecular flexibility index (Phi) is 4.19. The van der Waals surface area contributed by atoms with E-state index < -0.39 is 0 Å². The molecule has 0 aromatic heterocycles. The summed E-state index contributed by atoms with van der Waals surface area (Å²) in [5.74, 6) is 0.903. The van der Waals surface area contributed by atoms with Crippen molar-refractivity contribution < 1.29 is 4.74 Å². The van der Waals surface area contributed by atoms with E-state index in [-0.39, 0.29) is 5.54 Å². The van der Waals surface area contributed by atoms with Crippen LogP contribution in [-0.4, -0.2) is 19.2 Å². The van der Waals surface area contributed by atoms with E-state index in [9.17, 15) is 0 Å². The third kappa shape index (κ3) is 3.32. The second-order valence-corrected chi connectivity index (χ2v) is 6.29. The fourth-order valence-electron chi connectivity index (χ4n) is 2.65. The highest BCUT2D eigenvalue weighted by Gasteiger charge is 2.37. The van der Waals surface area contributed by atoms with Gasteiger partial charge in [-0.25, -0.2) is 0 Å². The van der Waals surface area contributed by atoms with Gasteiger partial charge in [-0.15, -0.1) is 0 Å². The maximum absolute atomic E-state index is 6.13. The summed E-state index contributed by atoms with van der Waals surface area (Å²) in [5, 5.41) is 3.53. The Balaban J connectivity index is 1.71. The zero-order valence-electron chi connectivity index (χ0n) is 13.3. The number of ether oxygens (including phenoxy) is 1. The lowest BCUT2D eigenvalue weighted by Gasteiger charge is -2.18. The fraction of sp³-hybridized carbons (Fsp3) is 0.368. The molecule has 0 radical (unpaired) electrons. The van der Waals surface area contributed by atoms with Crippen molar-refractivity contribution in [3.05, 3.63) is 54.1 Å². The minimum absolute atomic E-state index is 0.0472. The van der Waals surface area contributed by atoms with Gasteiger partial charge in [0.1, 0.15) is 5.75 Å². The van der Waals surface area contributed by atoms with Crippen molar-refractivity contribution in [1.82, 2.24) is 5.32 Å². The summed E-state index contributed by atoms with van der Waals surface area (Å²) in [4.78, 5) is 0. The predicted octanol–water partition coefficient (Wildman–Crippen LogP) is 3.50. The van der Waals surface area contributed by atoms with Crippen molar-refractivity contribution in [2.75, 3.05) is 13.7 Å². The molecule has 1 saturated carbocycles. The first kappa shape index (κ1) is 15.1. The second kappa shape index (κ2) is 6.11. The van der Waals surface area contributed by atoms with Crippen molar-refractivity contribution in [3.8, 4) is 16.9 Å². The molecule has 3 heteroatoms. The van der Waals surface area contributed by atoms with Gasteiger partial charge in [0.25, 0.3) is 0 Å². The molecule has 0 amide bonds. The monoisotopic (exact) mass is 296 g/mol. The first-order valence-electron chi connectivity index (χ1n) is 7.87. The van der Waals surface area contributed by atoms with Crippen LogP contribution in [0.5, 0.6) is 5.75 Å². The average molecular weight is 296 g/mol. The largest absolute Gasteiger partial charge is 0.496 e. The number of benzene rings is 2. The summed E-state index contributed by atoms with van der Waals surface area (Å²) in [6.07, 6.45) is 2.28. The van der Waals surface area contributed by atoms with Crippen LogP contribution in [0.25, 0.3) is 11.1 Å². The minimum Gasteiger partial charge on any atom is -0.496 e. The van der Waals surface area contributed by atoms with Crippen LogP contribution >= 0.6 is 0 Å². The third-order valence-corrected chi connectivity index (χ3v) is 4.48. The lowest BCUT2D eigenvalue weighted by Crippen LogP contribution is -2.37. The molecule has 3 nitrogen and oxygen atoms in total. The van der Waals surface area contributed by atoms with Crippen molar-refractivity contribution >= 4 is 0 Å². The smallest absolute Gasteiger partial charge is 0.126 e. The molecule has 0 aliphatic heterocycles. The molecule has 116 valence electrons. The van der Waals surface area contributed by atoms with Crippen molar-refractivity contribution in [1.29, 1.82) is 0 Å². The van der Waals surface area contributed by atoms with Gasteiger partial charge in [-0.05, 0) is 37.0 Å². The molecule has 22 heavy (non-hydrogen) atoms. The quantitative estimate of drug-likeness (QED) is 0.857. The van der Waals surface area contributed by atoms with Gasteiger partial charge in [-0.1, -0.05) is 42.5 Å². The average Bonchev–Trinajstić information content (AvgIpc) is 3.31. The summed E-state index contributed by atoms with van der Waals surface area (Å²) in [6.45, 7) is 3.08. The number of hydrogen-bond donors (Lipinski definition) is 2. The standard InChI is InChI=1S/C19H24N2O/c1-14(21-13-19(20)11-12-19)15-7-9-16(10-8-15)17-5-3-4-6-18(17)22-2/h3-10,14,21H,11-13,20H2,1-2H3. The Bertz CT molecular complexity index is 632. The van der Waals surface area contributed by atoms with Crippen LogP contribution < -0.4 is 15.8 Å². The second-order valence-electron chi connectivity index (χ2n) is 6.29. The number of hydrogen-bond acceptors (Lipinski definition) is 3. The summed E-state index contributed by atoms with van der Waals surface area (Å²) in [5.41, 5.74) is 9.75. The molecule has 0 spiro atoms. The number of methoxy groups -OCH3 is 1. The number of nitrogens with two attached hydrogens (primary N) is 1. The SMILES string of the molecule is COc1ccccc1-c1ccc(C(C)NCC2(N)CC2)cc1. The highest BCUT2D eigenvalue weighted by atomic mass is 16.5. The molecular formula is C19H24N2O. The minimum atomic E-state index is 0.0472.